The Labute approximate surface area is 155 Å². The Morgan fingerprint density at radius 2 is 1.50 bits per heavy atom. The Hall–Kier alpha value is -2.59. The van der Waals surface area contributed by atoms with Crippen molar-refractivity contribution >= 4 is 5.69 Å². The number of rotatable bonds is 3. The average molecular weight is 347 g/mol. The molecule has 2 heterocycles. The van der Waals surface area contributed by atoms with Crippen molar-refractivity contribution in [2.24, 2.45) is 0 Å². The molecule has 0 amide bonds. The molecule has 1 aliphatic heterocycles. The number of anilines is 1. The predicted molar refractivity (Wildman–Crippen MR) is 106 cm³/mol. The van der Waals surface area contributed by atoms with Crippen LogP contribution < -0.4 is 4.90 Å². The molecular formula is C22H25N3O. The Kier molecular flexibility index (Phi) is 4.51. The van der Waals surface area contributed by atoms with Gasteiger partial charge in [-0.1, -0.05) is 18.2 Å². The topological polar surface area (TPSA) is 30.3 Å². The van der Waals surface area contributed by atoms with Crippen LogP contribution in [0.2, 0.25) is 0 Å². The maximum Gasteiger partial charge on any atom is 0.0676 e. The number of hydrogen-bond donors (Lipinski definition) is 0. The lowest BCUT2D eigenvalue weighted by molar-refractivity contribution is 0.122. The lowest BCUT2D eigenvalue weighted by Crippen LogP contribution is -2.36. The molecule has 0 unspecified atom stereocenters. The van der Waals surface area contributed by atoms with Crippen molar-refractivity contribution in [2.45, 2.75) is 20.8 Å². The summed E-state index contributed by atoms with van der Waals surface area (Å²) >= 11 is 0. The molecule has 0 aliphatic carbocycles. The molecule has 4 heteroatoms. The summed E-state index contributed by atoms with van der Waals surface area (Å²) in [7, 11) is 0. The smallest absolute Gasteiger partial charge is 0.0676 e. The normalized spacial score (nSPS) is 14.7. The molecule has 0 radical (unpaired) electrons. The summed E-state index contributed by atoms with van der Waals surface area (Å²) in [6.07, 6.45) is 2.13. The van der Waals surface area contributed by atoms with Gasteiger partial charge in [-0.15, -0.1) is 0 Å². The molecule has 134 valence electrons. The zero-order valence-electron chi connectivity index (χ0n) is 15.7. The van der Waals surface area contributed by atoms with Crippen LogP contribution >= 0.6 is 0 Å². The Morgan fingerprint density at radius 1 is 0.846 bits per heavy atom. The lowest BCUT2D eigenvalue weighted by atomic mass is 10.1. The maximum absolute atomic E-state index is 5.44. The molecule has 4 nitrogen and oxygen atoms in total. The van der Waals surface area contributed by atoms with E-state index in [4.69, 9.17) is 9.84 Å². The summed E-state index contributed by atoms with van der Waals surface area (Å²) in [6.45, 7) is 9.86. The largest absolute Gasteiger partial charge is 0.378 e. The van der Waals surface area contributed by atoms with E-state index in [1.165, 1.54) is 27.9 Å². The highest BCUT2D eigenvalue weighted by molar-refractivity contribution is 5.68. The Bertz CT molecular complexity index is 885. The van der Waals surface area contributed by atoms with Gasteiger partial charge in [-0.2, -0.15) is 5.10 Å². The van der Waals surface area contributed by atoms with Gasteiger partial charge < -0.3 is 9.64 Å². The first-order valence-electron chi connectivity index (χ1n) is 9.18. The molecule has 0 saturated carbocycles. The Morgan fingerprint density at radius 3 is 2.15 bits per heavy atom. The minimum Gasteiger partial charge on any atom is -0.378 e. The second-order valence-corrected chi connectivity index (χ2v) is 7.06. The number of nitrogens with zero attached hydrogens (tertiary/aromatic N) is 3. The molecule has 0 spiro atoms. The van der Waals surface area contributed by atoms with E-state index in [-0.39, 0.29) is 0 Å². The number of ether oxygens (including phenoxy) is 1. The van der Waals surface area contributed by atoms with Crippen molar-refractivity contribution in [3.8, 4) is 16.8 Å². The first kappa shape index (κ1) is 16.9. The van der Waals surface area contributed by atoms with Crippen molar-refractivity contribution in [1.29, 1.82) is 0 Å². The first-order valence-corrected chi connectivity index (χ1v) is 9.18. The zero-order valence-corrected chi connectivity index (χ0v) is 15.7. The van der Waals surface area contributed by atoms with Gasteiger partial charge in [0.25, 0.3) is 0 Å². The summed E-state index contributed by atoms with van der Waals surface area (Å²) in [5.41, 5.74) is 8.31. The van der Waals surface area contributed by atoms with Crippen molar-refractivity contribution in [1.82, 2.24) is 9.78 Å². The Balaban J connectivity index is 1.62. The third-order valence-electron chi connectivity index (χ3n) is 4.92. The second kappa shape index (κ2) is 6.96. The van der Waals surface area contributed by atoms with Crippen LogP contribution in [-0.4, -0.2) is 36.1 Å². The van der Waals surface area contributed by atoms with Gasteiger partial charge >= 0.3 is 0 Å². The van der Waals surface area contributed by atoms with Crippen molar-refractivity contribution in [2.75, 3.05) is 31.2 Å². The quantitative estimate of drug-likeness (QED) is 0.707. The monoisotopic (exact) mass is 347 g/mol. The van der Waals surface area contributed by atoms with E-state index in [9.17, 15) is 0 Å². The van der Waals surface area contributed by atoms with Gasteiger partial charge in [0.05, 0.1) is 24.6 Å². The van der Waals surface area contributed by atoms with E-state index in [1.54, 1.807) is 0 Å². The van der Waals surface area contributed by atoms with Gasteiger partial charge in [0.1, 0.15) is 0 Å². The average Bonchev–Trinajstić information content (AvgIpc) is 3.04. The summed E-state index contributed by atoms with van der Waals surface area (Å²) in [4.78, 5) is 2.37. The number of aryl methyl sites for hydroxylation is 3. The number of hydrogen-bond acceptors (Lipinski definition) is 3. The summed E-state index contributed by atoms with van der Waals surface area (Å²) in [6, 6.07) is 15.3. The van der Waals surface area contributed by atoms with Gasteiger partial charge in [-0.05, 0) is 61.7 Å². The molecule has 3 aromatic rings. The van der Waals surface area contributed by atoms with E-state index in [2.05, 4.69) is 74.3 Å². The van der Waals surface area contributed by atoms with Crippen LogP contribution in [0.1, 0.15) is 16.8 Å². The molecule has 2 aromatic carbocycles. The van der Waals surface area contributed by atoms with Gasteiger partial charge in [-0.3, -0.25) is 0 Å². The molecule has 1 aliphatic rings. The van der Waals surface area contributed by atoms with Crippen molar-refractivity contribution in [3.05, 3.63) is 65.5 Å². The van der Waals surface area contributed by atoms with Gasteiger partial charge in [0.15, 0.2) is 0 Å². The standard InChI is InChI=1S/C22H25N3O/c1-16-12-17(2)14-21(13-16)25-15-22(18(3)23-25)19-4-6-20(7-5-19)24-8-10-26-11-9-24/h4-7,12-15H,8-11H2,1-3H3. The van der Waals surface area contributed by atoms with Crippen molar-refractivity contribution < 1.29 is 4.74 Å². The highest BCUT2D eigenvalue weighted by atomic mass is 16.5. The molecule has 1 saturated heterocycles. The van der Waals surface area contributed by atoms with Crippen LogP contribution in [0.25, 0.3) is 16.8 Å². The van der Waals surface area contributed by atoms with E-state index >= 15 is 0 Å². The van der Waals surface area contributed by atoms with E-state index in [0.717, 1.165) is 37.7 Å². The maximum atomic E-state index is 5.44. The van der Waals surface area contributed by atoms with Crippen LogP contribution in [0, 0.1) is 20.8 Å². The van der Waals surface area contributed by atoms with Crippen LogP contribution in [0.3, 0.4) is 0 Å². The fourth-order valence-corrected chi connectivity index (χ4v) is 3.63. The highest BCUT2D eigenvalue weighted by Gasteiger charge is 2.13. The second-order valence-electron chi connectivity index (χ2n) is 7.06. The van der Waals surface area contributed by atoms with Crippen LogP contribution in [0.4, 0.5) is 5.69 Å². The summed E-state index contributed by atoms with van der Waals surface area (Å²) in [5.74, 6) is 0. The lowest BCUT2D eigenvalue weighted by Gasteiger charge is -2.28. The van der Waals surface area contributed by atoms with Gasteiger partial charge in [0.2, 0.25) is 0 Å². The third kappa shape index (κ3) is 3.37. The van der Waals surface area contributed by atoms with Gasteiger partial charge in [0, 0.05) is 30.5 Å². The van der Waals surface area contributed by atoms with E-state index < -0.39 is 0 Å². The number of morpholine rings is 1. The fourth-order valence-electron chi connectivity index (χ4n) is 3.63. The summed E-state index contributed by atoms with van der Waals surface area (Å²) < 4.78 is 7.43. The summed E-state index contributed by atoms with van der Waals surface area (Å²) in [5, 5.41) is 4.74. The van der Waals surface area contributed by atoms with E-state index in [0.29, 0.717) is 0 Å². The number of benzene rings is 2. The van der Waals surface area contributed by atoms with Crippen molar-refractivity contribution in [3.63, 3.8) is 0 Å². The highest BCUT2D eigenvalue weighted by Crippen LogP contribution is 2.27. The van der Waals surface area contributed by atoms with E-state index in [1.807, 2.05) is 4.68 Å². The molecule has 1 fully saturated rings. The molecule has 26 heavy (non-hydrogen) atoms. The third-order valence-corrected chi connectivity index (χ3v) is 4.92. The number of aromatic nitrogens is 2. The predicted octanol–water partition coefficient (Wildman–Crippen LogP) is 4.30. The first-order chi connectivity index (χ1) is 12.6. The molecule has 1 aromatic heterocycles. The molecule has 4 rings (SSSR count). The fraction of sp³-hybridized carbons (Fsp3) is 0.318. The zero-order chi connectivity index (χ0) is 18.1. The molecular weight excluding hydrogens is 322 g/mol. The SMILES string of the molecule is Cc1cc(C)cc(-n2cc(-c3ccc(N4CCOCC4)cc3)c(C)n2)c1. The minimum absolute atomic E-state index is 0.809. The van der Waals surface area contributed by atoms with Crippen LogP contribution in [0.5, 0.6) is 0 Å². The molecule has 0 bridgehead atoms. The van der Waals surface area contributed by atoms with Crippen LogP contribution in [-0.2, 0) is 4.74 Å². The molecule has 0 N–H and O–H groups in total. The van der Waals surface area contributed by atoms with Gasteiger partial charge in [-0.25, -0.2) is 4.68 Å². The molecule has 0 atom stereocenters. The van der Waals surface area contributed by atoms with Crippen LogP contribution in [0.15, 0.2) is 48.7 Å². The minimum atomic E-state index is 0.809.